The van der Waals surface area contributed by atoms with Gasteiger partial charge in [-0.2, -0.15) is 0 Å². The van der Waals surface area contributed by atoms with Crippen LogP contribution in [-0.2, 0) is 9.53 Å². The van der Waals surface area contributed by atoms with Crippen LogP contribution in [-0.4, -0.2) is 29.4 Å². The van der Waals surface area contributed by atoms with E-state index in [-0.39, 0.29) is 6.42 Å². The molecule has 0 spiro atoms. The molecule has 0 radical (unpaired) electrons. The van der Waals surface area contributed by atoms with Gasteiger partial charge in [0.2, 0.25) is 0 Å². The Bertz CT molecular complexity index is 563. The molecule has 2 N–H and O–H groups in total. The minimum Gasteiger partial charge on any atom is -0.494 e. The van der Waals surface area contributed by atoms with Gasteiger partial charge < -0.3 is 19.9 Å². The zero-order valence-electron chi connectivity index (χ0n) is 16.2. The molecule has 1 atom stereocenters. The molecule has 26 heavy (non-hydrogen) atoms. The number of rotatable bonds is 10. The van der Waals surface area contributed by atoms with E-state index in [1.807, 2.05) is 0 Å². The van der Waals surface area contributed by atoms with Crippen LogP contribution < -0.4 is 10.1 Å². The van der Waals surface area contributed by atoms with Crippen molar-refractivity contribution < 1.29 is 24.2 Å². The van der Waals surface area contributed by atoms with Gasteiger partial charge in [0.05, 0.1) is 19.1 Å². The summed E-state index contributed by atoms with van der Waals surface area (Å²) in [5, 5.41) is 11.7. The summed E-state index contributed by atoms with van der Waals surface area (Å²) >= 11 is 0. The number of carbonyl (C=O) groups is 2. The van der Waals surface area contributed by atoms with Crippen LogP contribution in [0.4, 0.5) is 4.79 Å². The van der Waals surface area contributed by atoms with Crippen LogP contribution in [0.1, 0.15) is 71.4 Å². The first kappa shape index (κ1) is 21.8. The second-order valence-electron chi connectivity index (χ2n) is 7.27. The van der Waals surface area contributed by atoms with Crippen molar-refractivity contribution >= 4 is 12.1 Å². The van der Waals surface area contributed by atoms with Gasteiger partial charge in [-0.3, -0.25) is 4.79 Å². The molecule has 0 aromatic heterocycles. The number of benzene rings is 1. The molecular weight excluding hydrogens is 334 g/mol. The summed E-state index contributed by atoms with van der Waals surface area (Å²) in [7, 11) is 0. The lowest BCUT2D eigenvalue weighted by molar-refractivity contribution is -0.137. The Hall–Kier alpha value is -2.24. The predicted molar refractivity (Wildman–Crippen MR) is 100 cm³/mol. The van der Waals surface area contributed by atoms with Crippen molar-refractivity contribution in [3.8, 4) is 5.75 Å². The quantitative estimate of drug-likeness (QED) is 0.588. The molecule has 0 saturated heterocycles. The molecule has 0 aliphatic heterocycles. The molecule has 1 amide bonds. The summed E-state index contributed by atoms with van der Waals surface area (Å²) in [4.78, 5) is 23.1. The molecule has 0 saturated carbocycles. The highest BCUT2D eigenvalue weighted by Crippen LogP contribution is 2.21. The Balaban J connectivity index is 2.66. The summed E-state index contributed by atoms with van der Waals surface area (Å²) in [6.07, 6.45) is 3.68. The lowest BCUT2D eigenvalue weighted by atomic mass is 10.0. The predicted octanol–water partition coefficient (Wildman–Crippen LogP) is 4.69. The van der Waals surface area contributed by atoms with E-state index in [0.29, 0.717) is 12.2 Å². The third-order valence-electron chi connectivity index (χ3n) is 3.62. The number of amides is 1. The maximum absolute atomic E-state index is 12.0. The van der Waals surface area contributed by atoms with Gasteiger partial charge in [0, 0.05) is 0 Å². The Morgan fingerprint density at radius 2 is 1.77 bits per heavy atom. The highest BCUT2D eigenvalue weighted by molar-refractivity contribution is 5.72. The van der Waals surface area contributed by atoms with E-state index in [9.17, 15) is 9.59 Å². The van der Waals surface area contributed by atoms with Crippen molar-refractivity contribution in [2.45, 2.75) is 71.4 Å². The lowest BCUT2D eigenvalue weighted by Crippen LogP contribution is -2.35. The monoisotopic (exact) mass is 365 g/mol. The van der Waals surface area contributed by atoms with Gasteiger partial charge >= 0.3 is 12.1 Å². The third kappa shape index (κ3) is 9.30. The number of hydrogen-bond donors (Lipinski definition) is 2. The van der Waals surface area contributed by atoms with E-state index in [1.54, 1.807) is 45.0 Å². The molecule has 1 unspecified atom stereocenters. The molecule has 146 valence electrons. The molecule has 6 heteroatoms. The maximum atomic E-state index is 12.0. The fourth-order valence-corrected chi connectivity index (χ4v) is 2.39. The maximum Gasteiger partial charge on any atom is 0.408 e. The number of unbranched alkanes of at least 4 members (excludes halogenated alkanes) is 3. The van der Waals surface area contributed by atoms with Crippen molar-refractivity contribution in [1.82, 2.24) is 5.32 Å². The van der Waals surface area contributed by atoms with Crippen LogP contribution in [0.25, 0.3) is 0 Å². The summed E-state index contributed by atoms with van der Waals surface area (Å²) in [5.41, 5.74) is 0.0458. The highest BCUT2D eigenvalue weighted by Gasteiger charge is 2.22. The fourth-order valence-electron chi connectivity index (χ4n) is 2.39. The summed E-state index contributed by atoms with van der Waals surface area (Å²) in [6.45, 7) is 8.09. The zero-order valence-corrected chi connectivity index (χ0v) is 16.2. The van der Waals surface area contributed by atoms with Crippen molar-refractivity contribution in [3.63, 3.8) is 0 Å². The molecule has 1 aromatic carbocycles. The van der Waals surface area contributed by atoms with Gasteiger partial charge in [-0.15, -0.1) is 0 Å². The molecule has 0 heterocycles. The Morgan fingerprint density at radius 1 is 1.12 bits per heavy atom. The van der Waals surface area contributed by atoms with Crippen LogP contribution in [0.2, 0.25) is 0 Å². The van der Waals surface area contributed by atoms with Crippen LogP contribution >= 0.6 is 0 Å². The molecule has 1 aromatic rings. The van der Waals surface area contributed by atoms with Crippen molar-refractivity contribution in [3.05, 3.63) is 29.8 Å². The molecule has 1 rings (SSSR count). The zero-order chi connectivity index (χ0) is 19.6. The Kier molecular flexibility index (Phi) is 8.96. The number of hydrogen-bond acceptors (Lipinski definition) is 4. The molecule has 0 aliphatic carbocycles. The van der Waals surface area contributed by atoms with E-state index in [4.69, 9.17) is 14.6 Å². The SMILES string of the molecule is CCCCCCOc1ccc(C(CC(=O)O)NC(=O)OC(C)(C)C)cc1. The average molecular weight is 365 g/mol. The van der Waals surface area contributed by atoms with E-state index < -0.39 is 23.7 Å². The van der Waals surface area contributed by atoms with Crippen LogP contribution in [0.3, 0.4) is 0 Å². The van der Waals surface area contributed by atoms with Gasteiger partial charge in [-0.1, -0.05) is 38.3 Å². The molecular formula is C20H31NO5. The van der Waals surface area contributed by atoms with E-state index in [2.05, 4.69) is 12.2 Å². The number of alkyl carbamates (subject to hydrolysis) is 1. The average Bonchev–Trinajstić information content (AvgIpc) is 2.52. The van der Waals surface area contributed by atoms with Crippen molar-refractivity contribution in [2.75, 3.05) is 6.61 Å². The number of carboxylic acid groups (broad SMARTS) is 1. The highest BCUT2D eigenvalue weighted by atomic mass is 16.6. The third-order valence-corrected chi connectivity index (χ3v) is 3.62. The molecule has 0 aliphatic rings. The van der Waals surface area contributed by atoms with Gasteiger partial charge in [0.1, 0.15) is 11.4 Å². The fraction of sp³-hybridized carbons (Fsp3) is 0.600. The smallest absolute Gasteiger partial charge is 0.408 e. The second kappa shape index (κ2) is 10.7. The minimum atomic E-state index is -0.998. The normalized spacial score (nSPS) is 12.3. The van der Waals surface area contributed by atoms with Gasteiger partial charge in [-0.05, 0) is 44.9 Å². The van der Waals surface area contributed by atoms with E-state index >= 15 is 0 Å². The van der Waals surface area contributed by atoms with Crippen molar-refractivity contribution in [1.29, 1.82) is 0 Å². The first-order valence-electron chi connectivity index (χ1n) is 9.15. The largest absolute Gasteiger partial charge is 0.494 e. The molecule has 0 fully saturated rings. The lowest BCUT2D eigenvalue weighted by Gasteiger charge is -2.23. The second-order valence-corrected chi connectivity index (χ2v) is 7.27. The van der Waals surface area contributed by atoms with Crippen LogP contribution in [0.5, 0.6) is 5.75 Å². The number of carboxylic acids is 1. The molecule has 6 nitrogen and oxygen atoms in total. The van der Waals surface area contributed by atoms with Gasteiger partial charge in [0.15, 0.2) is 0 Å². The first-order chi connectivity index (χ1) is 12.2. The Morgan fingerprint density at radius 3 is 2.31 bits per heavy atom. The Labute approximate surface area is 155 Å². The number of aliphatic carboxylic acids is 1. The first-order valence-corrected chi connectivity index (χ1v) is 9.15. The van der Waals surface area contributed by atoms with Crippen LogP contribution in [0.15, 0.2) is 24.3 Å². The van der Waals surface area contributed by atoms with Gasteiger partial charge in [0.25, 0.3) is 0 Å². The summed E-state index contributed by atoms with van der Waals surface area (Å²) < 4.78 is 10.9. The number of carbonyl (C=O) groups excluding carboxylic acids is 1. The standard InChI is InChI=1S/C20H31NO5/c1-5-6-7-8-13-25-16-11-9-15(10-12-16)17(14-18(22)23)21-19(24)26-20(2,3)4/h9-12,17H,5-8,13-14H2,1-4H3,(H,21,24)(H,22,23). The molecule has 0 bridgehead atoms. The van der Waals surface area contributed by atoms with Gasteiger partial charge in [-0.25, -0.2) is 4.79 Å². The summed E-state index contributed by atoms with van der Waals surface area (Å²) in [6, 6.07) is 6.46. The van der Waals surface area contributed by atoms with E-state index in [1.165, 1.54) is 12.8 Å². The topological polar surface area (TPSA) is 84.9 Å². The minimum absolute atomic E-state index is 0.226. The number of nitrogens with one attached hydrogen (secondary N) is 1. The van der Waals surface area contributed by atoms with Crippen LogP contribution in [0, 0.1) is 0 Å². The van der Waals surface area contributed by atoms with Crippen molar-refractivity contribution in [2.24, 2.45) is 0 Å². The van der Waals surface area contributed by atoms with E-state index in [0.717, 1.165) is 18.6 Å². The number of ether oxygens (including phenoxy) is 2. The summed E-state index contributed by atoms with van der Waals surface area (Å²) in [5.74, 6) is -0.265.